The van der Waals surface area contributed by atoms with Gasteiger partial charge in [-0.3, -0.25) is 0 Å². The van der Waals surface area contributed by atoms with Gasteiger partial charge >= 0.3 is 0 Å². The second-order valence-electron chi connectivity index (χ2n) is 8.92. The van der Waals surface area contributed by atoms with Crippen LogP contribution in [0.2, 0.25) is 0 Å². The summed E-state index contributed by atoms with van der Waals surface area (Å²) in [7, 11) is 0. The zero-order valence-corrected chi connectivity index (χ0v) is 21.0. The molecule has 4 nitrogen and oxygen atoms in total. The number of rotatable bonds is 6. The molecule has 1 aliphatic rings. The van der Waals surface area contributed by atoms with Gasteiger partial charge in [0.2, 0.25) is 5.95 Å². The Kier molecular flexibility index (Phi) is 6.66. The molecule has 0 spiro atoms. The Bertz CT molecular complexity index is 1130. The molecule has 0 amide bonds. The first-order chi connectivity index (χ1) is 15.4. The molecule has 4 rings (SSSR count). The first-order valence-corrected chi connectivity index (χ1v) is 12.5. The molecule has 0 fully saturated rings. The lowest BCUT2D eigenvalue weighted by atomic mass is 9.97. The van der Waals surface area contributed by atoms with Gasteiger partial charge in [-0.1, -0.05) is 44.2 Å². The van der Waals surface area contributed by atoms with Gasteiger partial charge in [0.05, 0.1) is 5.69 Å². The molecular weight excluding hydrogens is 412 g/mol. The van der Waals surface area contributed by atoms with Crippen molar-refractivity contribution in [3.63, 3.8) is 0 Å². The first-order valence-electron chi connectivity index (χ1n) is 11.6. The van der Waals surface area contributed by atoms with Crippen LogP contribution in [0.3, 0.4) is 0 Å². The summed E-state index contributed by atoms with van der Waals surface area (Å²) in [4.78, 5) is 16.0. The molecular formula is C27H34N4S. The van der Waals surface area contributed by atoms with Crippen LogP contribution in [-0.4, -0.2) is 29.6 Å². The van der Waals surface area contributed by atoms with Crippen LogP contribution in [0.15, 0.2) is 41.8 Å². The van der Waals surface area contributed by atoms with Crippen molar-refractivity contribution in [3.8, 4) is 0 Å². The summed E-state index contributed by atoms with van der Waals surface area (Å²) in [6.45, 7) is 15.9. The third kappa shape index (κ3) is 4.44. The molecule has 1 aliphatic heterocycles. The van der Waals surface area contributed by atoms with E-state index in [-0.39, 0.29) is 0 Å². The SMILES string of the molecule is CCN(c1nc(C)cc(N2CCC=C(c3ccccc3C)C2)n1)c1c(C(C)C)csc1C. The highest BCUT2D eigenvalue weighted by atomic mass is 32.1. The van der Waals surface area contributed by atoms with Crippen LogP contribution < -0.4 is 9.80 Å². The van der Waals surface area contributed by atoms with Crippen molar-refractivity contribution in [3.05, 3.63) is 69.0 Å². The standard InChI is InChI=1S/C27H34N4S/c1-7-31(26-21(6)32-17-24(26)18(2)3)27-28-20(5)15-25(29-27)30-14-10-12-22(16-30)23-13-9-8-11-19(23)4/h8-9,11-13,15,17-18H,7,10,14,16H2,1-6H3. The number of hydrogen-bond donors (Lipinski definition) is 0. The van der Waals surface area contributed by atoms with Crippen LogP contribution in [0.1, 0.15) is 60.4 Å². The molecule has 0 aliphatic carbocycles. The Labute approximate surface area is 196 Å². The van der Waals surface area contributed by atoms with Crippen LogP contribution in [0.5, 0.6) is 0 Å². The lowest BCUT2D eigenvalue weighted by molar-refractivity contribution is 0.802. The fourth-order valence-electron chi connectivity index (χ4n) is 4.51. The molecule has 32 heavy (non-hydrogen) atoms. The molecule has 1 aromatic carbocycles. The lowest BCUT2D eigenvalue weighted by Gasteiger charge is -2.31. The summed E-state index contributed by atoms with van der Waals surface area (Å²) in [5.41, 5.74) is 7.72. The third-order valence-electron chi connectivity index (χ3n) is 6.21. The Morgan fingerprint density at radius 1 is 1.12 bits per heavy atom. The summed E-state index contributed by atoms with van der Waals surface area (Å²) < 4.78 is 0. The normalized spacial score (nSPS) is 14.1. The van der Waals surface area contributed by atoms with Crippen LogP contribution in [0.4, 0.5) is 17.5 Å². The van der Waals surface area contributed by atoms with Gasteiger partial charge in [-0.05, 0) is 67.7 Å². The van der Waals surface area contributed by atoms with E-state index in [4.69, 9.17) is 9.97 Å². The maximum absolute atomic E-state index is 5.09. The number of hydrogen-bond acceptors (Lipinski definition) is 5. The Morgan fingerprint density at radius 3 is 2.62 bits per heavy atom. The van der Waals surface area contributed by atoms with Crippen molar-refractivity contribution in [2.24, 2.45) is 0 Å². The van der Waals surface area contributed by atoms with Crippen molar-refractivity contribution in [2.45, 2.75) is 53.9 Å². The molecule has 0 saturated carbocycles. The highest BCUT2D eigenvalue weighted by molar-refractivity contribution is 7.10. The van der Waals surface area contributed by atoms with Crippen LogP contribution in [0.25, 0.3) is 5.57 Å². The van der Waals surface area contributed by atoms with E-state index in [0.29, 0.717) is 5.92 Å². The second-order valence-corrected chi connectivity index (χ2v) is 10.0. The molecule has 0 radical (unpaired) electrons. The van der Waals surface area contributed by atoms with Gasteiger partial charge in [-0.25, -0.2) is 4.98 Å². The predicted octanol–water partition coefficient (Wildman–Crippen LogP) is 7.04. The average Bonchev–Trinajstić information content (AvgIpc) is 3.16. The quantitative estimate of drug-likeness (QED) is 0.406. The zero-order valence-electron chi connectivity index (χ0n) is 20.1. The van der Waals surface area contributed by atoms with Gasteiger partial charge in [-0.15, -0.1) is 11.3 Å². The number of aryl methyl sites for hydroxylation is 3. The molecule has 2 aromatic heterocycles. The highest BCUT2D eigenvalue weighted by Crippen LogP contribution is 2.39. The Hall–Kier alpha value is -2.66. The molecule has 3 aromatic rings. The summed E-state index contributed by atoms with van der Waals surface area (Å²) in [6.07, 6.45) is 3.41. The van der Waals surface area contributed by atoms with Gasteiger partial charge in [0.15, 0.2) is 0 Å². The number of anilines is 3. The van der Waals surface area contributed by atoms with E-state index in [2.05, 4.69) is 93.1 Å². The zero-order chi connectivity index (χ0) is 22.8. The maximum atomic E-state index is 5.09. The van der Waals surface area contributed by atoms with Crippen molar-refractivity contribution in [2.75, 3.05) is 29.4 Å². The molecule has 0 saturated heterocycles. The Morgan fingerprint density at radius 2 is 1.91 bits per heavy atom. The van der Waals surface area contributed by atoms with Crippen LogP contribution >= 0.6 is 11.3 Å². The second kappa shape index (κ2) is 9.45. The van der Waals surface area contributed by atoms with Crippen LogP contribution in [0, 0.1) is 20.8 Å². The molecule has 0 unspecified atom stereocenters. The minimum atomic E-state index is 0.470. The van der Waals surface area contributed by atoms with E-state index < -0.39 is 0 Å². The van der Waals surface area contributed by atoms with Gasteiger partial charge in [0, 0.05) is 36.3 Å². The summed E-state index contributed by atoms with van der Waals surface area (Å²) >= 11 is 1.82. The number of nitrogens with zero attached hydrogens (tertiary/aromatic N) is 4. The van der Waals surface area contributed by atoms with E-state index in [0.717, 1.165) is 43.5 Å². The van der Waals surface area contributed by atoms with Crippen molar-refractivity contribution >= 4 is 34.4 Å². The minimum Gasteiger partial charge on any atom is -0.352 e. The summed E-state index contributed by atoms with van der Waals surface area (Å²) in [5, 5.41) is 2.29. The monoisotopic (exact) mass is 446 g/mol. The number of thiophene rings is 1. The minimum absolute atomic E-state index is 0.470. The van der Waals surface area contributed by atoms with Gasteiger partial charge in [0.1, 0.15) is 5.82 Å². The topological polar surface area (TPSA) is 32.3 Å². The molecule has 5 heteroatoms. The lowest BCUT2D eigenvalue weighted by Crippen LogP contribution is -2.31. The van der Waals surface area contributed by atoms with Crippen molar-refractivity contribution in [1.82, 2.24) is 9.97 Å². The van der Waals surface area contributed by atoms with E-state index in [1.807, 2.05) is 11.3 Å². The van der Waals surface area contributed by atoms with E-state index in [1.165, 1.54) is 32.8 Å². The molecule has 0 atom stereocenters. The fraction of sp³-hybridized carbons (Fsp3) is 0.407. The van der Waals surface area contributed by atoms with Crippen LogP contribution in [-0.2, 0) is 0 Å². The van der Waals surface area contributed by atoms with E-state index in [1.54, 1.807) is 0 Å². The third-order valence-corrected chi connectivity index (χ3v) is 7.13. The van der Waals surface area contributed by atoms with Gasteiger partial charge in [0.25, 0.3) is 0 Å². The number of benzene rings is 1. The molecule has 0 N–H and O–H groups in total. The van der Waals surface area contributed by atoms with Crippen molar-refractivity contribution < 1.29 is 0 Å². The average molecular weight is 447 g/mol. The fourth-order valence-corrected chi connectivity index (χ4v) is 5.54. The number of aromatic nitrogens is 2. The van der Waals surface area contributed by atoms with E-state index >= 15 is 0 Å². The highest BCUT2D eigenvalue weighted by Gasteiger charge is 2.23. The Balaban J connectivity index is 1.68. The first kappa shape index (κ1) is 22.5. The van der Waals surface area contributed by atoms with Gasteiger partial charge in [-0.2, -0.15) is 4.98 Å². The van der Waals surface area contributed by atoms with E-state index in [9.17, 15) is 0 Å². The van der Waals surface area contributed by atoms with Crippen molar-refractivity contribution in [1.29, 1.82) is 0 Å². The summed E-state index contributed by atoms with van der Waals surface area (Å²) in [5.74, 6) is 2.29. The molecule has 0 bridgehead atoms. The maximum Gasteiger partial charge on any atom is 0.232 e. The molecule has 168 valence electrons. The summed E-state index contributed by atoms with van der Waals surface area (Å²) in [6, 6.07) is 10.8. The largest absolute Gasteiger partial charge is 0.352 e. The van der Waals surface area contributed by atoms with Gasteiger partial charge < -0.3 is 9.80 Å². The molecule has 3 heterocycles. The predicted molar refractivity (Wildman–Crippen MR) is 139 cm³/mol. The smallest absolute Gasteiger partial charge is 0.232 e.